The molecule has 1 N–H and O–H groups in total. The van der Waals surface area contributed by atoms with Gasteiger partial charge >= 0.3 is 0 Å². The van der Waals surface area contributed by atoms with Crippen molar-refractivity contribution in [1.29, 1.82) is 0 Å². The van der Waals surface area contributed by atoms with Crippen molar-refractivity contribution in [2.45, 2.75) is 23.8 Å². The van der Waals surface area contributed by atoms with Crippen LogP contribution in [-0.4, -0.2) is 36.2 Å². The minimum atomic E-state index is 0.0908. The number of benzene rings is 2. The Morgan fingerprint density at radius 3 is 2.44 bits per heavy atom. The summed E-state index contributed by atoms with van der Waals surface area (Å²) in [6, 6.07) is 18.8. The second kappa shape index (κ2) is 9.41. The Labute approximate surface area is 162 Å². The van der Waals surface area contributed by atoms with E-state index in [1.165, 1.54) is 18.4 Å². The Bertz CT molecular complexity index is 672. The van der Waals surface area contributed by atoms with E-state index in [9.17, 15) is 4.79 Å². The fourth-order valence-corrected chi connectivity index (χ4v) is 4.12. The number of carbonyl (C=O) groups is 1. The van der Waals surface area contributed by atoms with E-state index in [1.807, 2.05) is 30.3 Å². The number of nitrogens with one attached hydrogen (secondary N) is 1. The minimum Gasteiger partial charge on any atom is -0.353 e. The third kappa shape index (κ3) is 5.59. The Kier molecular flexibility index (Phi) is 6.96. The van der Waals surface area contributed by atoms with Crippen LogP contribution in [0.5, 0.6) is 0 Å². The van der Waals surface area contributed by atoms with Crippen LogP contribution in [0.1, 0.15) is 24.4 Å². The summed E-state index contributed by atoms with van der Waals surface area (Å²) >= 11 is 5.00. The number of hydrogen-bond donors (Lipinski definition) is 1. The van der Waals surface area contributed by atoms with Gasteiger partial charge in [-0.15, -0.1) is 11.8 Å². The highest BCUT2D eigenvalue weighted by Crippen LogP contribution is 2.25. The van der Waals surface area contributed by atoms with E-state index in [4.69, 9.17) is 0 Å². The van der Waals surface area contributed by atoms with Crippen LogP contribution in [0.15, 0.2) is 64.0 Å². The van der Waals surface area contributed by atoms with Crippen LogP contribution in [0.25, 0.3) is 0 Å². The Hall–Kier alpha value is -1.30. The predicted molar refractivity (Wildman–Crippen MR) is 108 cm³/mol. The molecule has 0 spiro atoms. The summed E-state index contributed by atoms with van der Waals surface area (Å²) in [4.78, 5) is 15.9. The predicted octanol–water partition coefficient (Wildman–Crippen LogP) is 4.49. The Morgan fingerprint density at radius 2 is 1.76 bits per heavy atom. The smallest absolute Gasteiger partial charge is 0.230 e. The highest BCUT2D eigenvalue weighted by Gasteiger charge is 2.23. The maximum Gasteiger partial charge on any atom is 0.230 e. The van der Waals surface area contributed by atoms with E-state index >= 15 is 0 Å². The molecule has 0 aromatic heterocycles. The zero-order valence-electron chi connectivity index (χ0n) is 14.2. The number of halogens is 1. The molecule has 1 aliphatic rings. The monoisotopic (exact) mass is 418 g/mol. The second-order valence-corrected chi connectivity index (χ2v) is 8.18. The Morgan fingerprint density at radius 1 is 1.08 bits per heavy atom. The van der Waals surface area contributed by atoms with E-state index < -0.39 is 0 Å². The molecular formula is C20H23BrN2OS. The fraction of sp³-hybridized carbons (Fsp3) is 0.350. The van der Waals surface area contributed by atoms with Crippen LogP contribution in [-0.2, 0) is 4.79 Å². The maximum absolute atomic E-state index is 12.3. The molecule has 0 radical (unpaired) electrons. The number of thioether (sulfide) groups is 1. The third-order valence-corrected chi connectivity index (χ3v) is 5.98. The van der Waals surface area contributed by atoms with E-state index in [0.29, 0.717) is 12.3 Å². The van der Waals surface area contributed by atoms with Gasteiger partial charge in [0.15, 0.2) is 0 Å². The molecule has 2 aromatic carbocycles. The molecule has 0 aliphatic carbocycles. The van der Waals surface area contributed by atoms with Gasteiger partial charge in [-0.25, -0.2) is 0 Å². The quantitative estimate of drug-likeness (QED) is 0.671. The van der Waals surface area contributed by atoms with Gasteiger partial charge in [0.05, 0.1) is 11.8 Å². The second-order valence-electron chi connectivity index (χ2n) is 6.22. The summed E-state index contributed by atoms with van der Waals surface area (Å²) in [6.45, 7) is 2.90. The number of nitrogens with zero attached hydrogens (tertiary/aromatic N) is 1. The molecule has 25 heavy (non-hydrogen) atoms. The third-order valence-electron chi connectivity index (χ3n) is 4.44. The van der Waals surface area contributed by atoms with Gasteiger partial charge in [-0.3, -0.25) is 9.69 Å². The lowest BCUT2D eigenvalue weighted by molar-refractivity contribution is -0.118. The zero-order chi connectivity index (χ0) is 17.5. The number of rotatable bonds is 7. The van der Waals surface area contributed by atoms with Crippen LogP contribution < -0.4 is 5.32 Å². The van der Waals surface area contributed by atoms with Crippen molar-refractivity contribution in [3.8, 4) is 0 Å². The van der Waals surface area contributed by atoms with E-state index in [0.717, 1.165) is 22.5 Å². The van der Waals surface area contributed by atoms with Crippen molar-refractivity contribution in [2.24, 2.45) is 0 Å². The summed E-state index contributed by atoms with van der Waals surface area (Å²) in [5.41, 5.74) is 1.28. The molecule has 1 amide bonds. The summed E-state index contributed by atoms with van der Waals surface area (Å²) in [5, 5.41) is 3.13. The summed E-state index contributed by atoms with van der Waals surface area (Å²) in [5.74, 6) is 0.538. The topological polar surface area (TPSA) is 32.3 Å². The van der Waals surface area contributed by atoms with Gasteiger partial charge in [0.2, 0.25) is 5.91 Å². The first-order valence-corrected chi connectivity index (χ1v) is 10.4. The average molecular weight is 419 g/mol. The van der Waals surface area contributed by atoms with Crippen LogP contribution in [0.3, 0.4) is 0 Å². The Balaban J connectivity index is 1.53. The molecular weight excluding hydrogens is 396 g/mol. The molecule has 2 aromatic rings. The van der Waals surface area contributed by atoms with Crippen molar-refractivity contribution in [3.63, 3.8) is 0 Å². The number of carbonyl (C=O) groups excluding carboxylic acids is 1. The molecule has 1 heterocycles. The fourth-order valence-electron chi connectivity index (χ4n) is 3.13. The first-order chi connectivity index (χ1) is 12.2. The highest BCUT2D eigenvalue weighted by molar-refractivity contribution is 9.10. The summed E-state index contributed by atoms with van der Waals surface area (Å²) < 4.78 is 1.05. The molecule has 5 heteroatoms. The van der Waals surface area contributed by atoms with E-state index in [-0.39, 0.29) is 11.9 Å². The van der Waals surface area contributed by atoms with Gasteiger partial charge in [0.1, 0.15) is 0 Å². The van der Waals surface area contributed by atoms with Gasteiger partial charge in [0, 0.05) is 15.9 Å². The van der Waals surface area contributed by atoms with Crippen molar-refractivity contribution < 1.29 is 4.79 Å². The van der Waals surface area contributed by atoms with Crippen LogP contribution in [0.2, 0.25) is 0 Å². The number of amides is 1. The normalized spacial score (nSPS) is 15.9. The van der Waals surface area contributed by atoms with Crippen LogP contribution in [0, 0.1) is 0 Å². The van der Waals surface area contributed by atoms with Crippen molar-refractivity contribution in [2.75, 3.05) is 25.4 Å². The largest absolute Gasteiger partial charge is 0.353 e. The highest BCUT2D eigenvalue weighted by atomic mass is 79.9. The van der Waals surface area contributed by atoms with Crippen molar-refractivity contribution in [3.05, 3.63) is 64.6 Å². The van der Waals surface area contributed by atoms with Crippen molar-refractivity contribution in [1.82, 2.24) is 10.2 Å². The van der Waals surface area contributed by atoms with Gasteiger partial charge in [0.25, 0.3) is 0 Å². The summed E-state index contributed by atoms with van der Waals surface area (Å²) in [7, 11) is 0. The lowest BCUT2D eigenvalue weighted by Gasteiger charge is -2.28. The SMILES string of the molecule is O=C(CSc1ccc(Br)cc1)NC[C@@H](c1ccccc1)N1CCCC1. The van der Waals surface area contributed by atoms with Gasteiger partial charge in [-0.1, -0.05) is 46.3 Å². The van der Waals surface area contributed by atoms with E-state index in [1.54, 1.807) is 11.8 Å². The molecule has 0 unspecified atom stereocenters. The maximum atomic E-state index is 12.3. The zero-order valence-corrected chi connectivity index (χ0v) is 16.6. The van der Waals surface area contributed by atoms with Gasteiger partial charge in [-0.05, 0) is 55.8 Å². The molecule has 1 fully saturated rings. The molecule has 3 nitrogen and oxygen atoms in total. The van der Waals surface area contributed by atoms with Gasteiger partial charge < -0.3 is 5.32 Å². The number of likely N-dealkylation sites (tertiary alicyclic amines) is 1. The van der Waals surface area contributed by atoms with E-state index in [2.05, 4.69) is 50.4 Å². The van der Waals surface area contributed by atoms with Crippen molar-refractivity contribution >= 4 is 33.6 Å². The summed E-state index contributed by atoms with van der Waals surface area (Å²) in [6.07, 6.45) is 2.49. The van der Waals surface area contributed by atoms with Gasteiger partial charge in [-0.2, -0.15) is 0 Å². The molecule has 1 atom stereocenters. The molecule has 1 aliphatic heterocycles. The lowest BCUT2D eigenvalue weighted by atomic mass is 10.1. The molecule has 3 rings (SSSR count). The average Bonchev–Trinajstić information content (AvgIpc) is 3.17. The van der Waals surface area contributed by atoms with Crippen LogP contribution in [0.4, 0.5) is 0 Å². The number of hydrogen-bond acceptors (Lipinski definition) is 3. The molecule has 132 valence electrons. The molecule has 0 saturated carbocycles. The lowest BCUT2D eigenvalue weighted by Crippen LogP contribution is -2.37. The first kappa shape index (κ1) is 18.5. The molecule has 0 bridgehead atoms. The standard InChI is InChI=1S/C20H23BrN2OS/c21-17-8-10-18(11-9-17)25-15-20(24)22-14-19(23-12-4-5-13-23)16-6-2-1-3-7-16/h1-3,6-11,19H,4-5,12-15H2,(H,22,24)/t19-/m0/s1. The van der Waals surface area contributed by atoms with Crippen LogP contribution >= 0.6 is 27.7 Å². The first-order valence-electron chi connectivity index (χ1n) is 8.66. The minimum absolute atomic E-state index is 0.0908. The molecule has 1 saturated heterocycles.